The van der Waals surface area contributed by atoms with Crippen LogP contribution in [0.3, 0.4) is 0 Å². The molecule has 0 saturated carbocycles. The molecule has 12 heavy (non-hydrogen) atoms. The second-order valence-corrected chi connectivity index (χ2v) is 3.59. The van der Waals surface area contributed by atoms with Crippen molar-refractivity contribution in [2.75, 3.05) is 0 Å². The molecule has 0 saturated heterocycles. The lowest BCUT2D eigenvalue weighted by atomic mass is 10.1. The third-order valence-corrected chi connectivity index (χ3v) is 2.85. The minimum Gasteiger partial charge on any atom is -0.196 e. The maximum atomic E-state index is 12.8. The van der Waals surface area contributed by atoms with Gasteiger partial charge in [-0.2, -0.15) is 8.78 Å². The van der Waals surface area contributed by atoms with Crippen molar-refractivity contribution in [3.05, 3.63) is 34.4 Å². The van der Waals surface area contributed by atoms with Crippen molar-refractivity contribution in [3.8, 4) is 0 Å². The van der Waals surface area contributed by atoms with Crippen molar-refractivity contribution in [1.82, 2.24) is 0 Å². The van der Waals surface area contributed by atoms with Crippen LogP contribution < -0.4 is 0 Å². The van der Waals surface area contributed by atoms with Crippen LogP contribution in [0.25, 0.3) is 0 Å². The van der Waals surface area contributed by atoms with Crippen LogP contribution in [0.1, 0.15) is 28.7 Å². The third kappa shape index (κ3) is 0.614. The van der Waals surface area contributed by atoms with Crippen molar-refractivity contribution in [3.63, 3.8) is 0 Å². The van der Waals surface area contributed by atoms with Crippen LogP contribution in [0.2, 0.25) is 0 Å². The van der Waals surface area contributed by atoms with Gasteiger partial charge in [0.1, 0.15) is 0 Å². The van der Waals surface area contributed by atoms with Crippen LogP contribution in [0, 0.1) is 0 Å². The van der Waals surface area contributed by atoms with Gasteiger partial charge in [0.2, 0.25) is 0 Å². The zero-order valence-corrected chi connectivity index (χ0v) is 6.53. The van der Waals surface area contributed by atoms with Crippen LogP contribution in [-0.2, 0) is 18.8 Å². The molecule has 2 aliphatic carbocycles. The molecule has 1 aromatic rings. The number of halogens is 2. The fraction of sp³-hybridized carbons (Fsp3) is 0.400. The van der Waals surface area contributed by atoms with E-state index in [4.69, 9.17) is 0 Å². The van der Waals surface area contributed by atoms with E-state index >= 15 is 0 Å². The van der Waals surface area contributed by atoms with E-state index in [-0.39, 0.29) is 11.1 Å². The van der Waals surface area contributed by atoms with Gasteiger partial charge in [-0.15, -0.1) is 0 Å². The summed E-state index contributed by atoms with van der Waals surface area (Å²) in [7, 11) is 0. The first-order valence-electron chi connectivity index (χ1n) is 4.24. The molecule has 62 valence electrons. The molecule has 0 atom stereocenters. The second-order valence-electron chi connectivity index (χ2n) is 3.59. The highest BCUT2D eigenvalue weighted by atomic mass is 19.3. The summed E-state index contributed by atoms with van der Waals surface area (Å²) in [4.78, 5) is 0. The Kier molecular flexibility index (Phi) is 0.935. The molecule has 2 aliphatic rings. The van der Waals surface area contributed by atoms with Crippen LogP contribution >= 0.6 is 0 Å². The van der Waals surface area contributed by atoms with E-state index < -0.39 is 5.92 Å². The maximum Gasteiger partial charge on any atom is 0.299 e. The number of alkyl halides is 2. The van der Waals surface area contributed by atoms with Gasteiger partial charge < -0.3 is 0 Å². The SMILES string of the molecule is FC1(F)c2cc3c(cc21)CCC3. The summed E-state index contributed by atoms with van der Waals surface area (Å²) in [5, 5.41) is 0. The second kappa shape index (κ2) is 1.70. The molecule has 3 rings (SSSR count). The van der Waals surface area contributed by atoms with Gasteiger partial charge in [-0.1, -0.05) is 0 Å². The molecule has 0 spiro atoms. The first kappa shape index (κ1) is 6.58. The Morgan fingerprint density at radius 1 is 1.00 bits per heavy atom. The molecule has 0 unspecified atom stereocenters. The van der Waals surface area contributed by atoms with Crippen LogP contribution in [-0.4, -0.2) is 0 Å². The Bertz CT molecular complexity index is 333. The van der Waals surface area contributed by atoms with Gasteiger partial charge in [0, 0.05) is 11.1 Å². The van der Waals surface area contributed by atoms with E-state index in [1.165, 1.54) is 0 Å². The number of fused-ring (bicyclic) bond motifs is 2. The van der Waals surface area contributed by atoms with E-state index in [1.807, 2.05) is 0 Å². The molecular formula is C10H8F2. The average molecular weight is 166 g/mol. The molecule has 0 nitrogen and oxygen atoms in total. The van der Waals surface area contributed by atoms with E-state index in [1.54, 1.807) is 12.1 Å². The first-order valence-corrected chi connectivity index (χ1v) is 4.24. The van der Waals surface area contributed by atoms with E-state index in [2.05, 4.69) is 0 Å². The van der Waals surface area contributed by atoms with E-state index in [0.717, 1.165) is 30.4 Å². The lowest BCUT2D eigenvalue weighted by Crippen LogP contribution is -1.83. The molecule has 0 radical (unpaired) electrons. The third-order valence-electron chi connectivity index (χ3n) is 2.85. The molecule has 0 aromatic heterocycles. The monoisotopic (exact) mass is 166 g/mol. The number of rotatable bonds is 0. The fourth-order valence-corrected chi connectivity index (χ4v) is 2.08. The highest BCUT2D eigenvalue weighted by molar-refractivity contribution is 5.58. The molecular weight excluding hydrogens is 158 g/mol. The smallest absolute Gasteiger partial charge is 0.196 e. The molecule has 0 N–H and O–H groups in total. The van der Waals surface area contributed by atoms with Crippen molar-refractivity contribution in [1.29, 1.82) is 0 Å². The highest BCUT2D eigenvalue weighted by Crippen LogP contribution is 2.54. The van der Waals surface area contributed by atoms with Gasteiger partial charge >= 0.3 is 0 Å². The Morgan fingerprint density at radius 3 is 2.00 bits per heavy atom. The molecule has 2 heteroatoms. The topological polar surface area (TPSA) is 0 Å². The molecule has 0 bridgehead atoms. The standard InChI is InChI=1S/C10H8F2/c11-10(12)8-4-6-2-1-3-7(6)5-9(8)10/h4-5H,1-3H2. The predicted octanol–water partition coefficient (Wildman–Crippen LogP) is 2.63. The Hall–Kier alpha value is -0.920. The van der Waals surface area contributed by atoms with Gasteiger partial charge in [0.25, 0.3) is 5.92 Å². The minimum atomic E-state index is -2.58. The molecule has 0 amide bonds. The van der Waals surface area contributed by atoms with Crippen molar-refractivity contribution >= 4 is 0 Å². The zero-order valence-electron chi connectivity index (χ0n) is 6.53. The van der Waals surface area contributed by atoms with Gasteiger partial charge in [-0.3, -0.25) is 0 Å². The van der Waals surface area contributed by atoms with Crippen LogP contribution in [0.5, 0.6) is 0 Å². The lowest BCUT2D eigenvalue weighted by Gasteiger charge is -1.91. The van der Waals surface area contributed by atoms with E-state index in [0.29, 0.717) is 0 Å². The molecule has 0 heterocycles. The van der Waals surface area contributed by atoms with Crippen molar-refractivity contribution < 1.29 is 8.78 Å². The van der Waals surface area contributed by atoms with Crippen molar-refractivity contribution in [2.45, 2.75) is 25.2 Å². The first-order chi connectivity index (χ1) is 5.69. The predicted molar refractivity (Wildman–Crippen MR) is 41.5 cm³/mol. The number of hydrogen-bond donors (Lipinski definition) is 0. The lowest BCUT2D eigenvalue weighted by molar-refractivity contribution is 0.0989. The van der Waals surface area contributed by atoms with Gasteiger partial charge in [0.05, 0.1) is 0 Å². The maximum absolute atomic E-state index is 12.8. The molecule has 0 fully saturated rings. The van der Waals surface area contributed by atoms with Crippen molar-refractivity contribution in [2.24, 2.45) is 0 Å². The average Bonchev–Trinajstić information content (AvgIpc) is 2.50. The van der Waals surface area contributed by atoms with Crippen LogP contribution in [0.4, 0.5) is 8.78 Å². The molecule has 0 aliphatic heterocycles. The van der Waals surface area contributed by atoms with Gasteiger partial charge in [-0.05, 0) is 42.5 Å². The Balaban J connectivity index is 2.19. The number of benzene rings is 1. The van der Waals surface area contributed by atoms with Gasteiger partial charge in [-0.25, -0.2) is 0 Å². The summed E-state index contributed by atoms with van der Waals surface area (Å²) < 4.78 is 25.7. The minimum absolute atomic E-state index is 0.267. The normalized spacial score (nSPS) is 21.8. The summed E-state index contributed by atoms with van der Waals surface area (Å²) in [5.74, 6) is -2.58. The van der Waals surface area contributed by atoms with Gasteiger partial charge in [0.15, 0.2) is 0 Å². The largest absolute Gasteiger partial charge is 0.299 e. The van der Waals surface area contributed by atoms with E-state index in [9.17, 15) is 8.78 Å². The Labute approximate surface area is 69.2 Å². The highest BCUT2D eigenvalue weighted by Gasteiger charge is 2.53. The summed E-state index contributed by atoms with van der Waals surface area (Å²) in [6, 6.07) is 3.38. The number of aryl methyl sites for hydroxylation is 2. The zero-order chi connectivity index (χ0) is 8.34. The van der Waals surface area contributed by atoms with Crippen LogP contribution in [0.15, 0.2) is 12.1 Å². The molecule has 1 aromatic carbocycles. The summed E-state index contributed by atoms with van der Waals surface area (Å²) in [6.45, 7) is 0. The summed E-state index contributed by atoms with van der Waals surface area (Å²) in [6.07, 6.45) is 3.10. The summed E-state index contributed by atoms with van der Waals surface area (Å²) in [5.41, 5.74) is 2.82. The summed E-state index contributed by atoms with van der Waals surface area (Å²) >= 11 is 0. The number of hydrogen-bond acceptors (Lipinski definition) is 0. The quantitative estimate of drug-likeness (QED) is 0.555. The fourth-order valence-electron chi connectivity index (χ4n) is 2.08. The Morgan fingerprint density at radius 2 is 1.50 bits per heavy atom.